The van der Waals surface area contributed by atoms with Gasteiger partial charge in [0.05, 0.1) is 12.5 Å². The number of nitrogens with zero attached hydrogens (tertiary/aromatic N) is 2. The average molecular weight is 308 g/mol. The van der Waals surface area contributed by atoms with Gasteiger partial charge in [-0.25, -0.2) is 13.8 Å². The van der Waals surface area contributed by atoms with Crippen molar-refractivity contribution in [3.05, 3.63) is 26.6 Å². The first-order valence-electron chi connectivity index (χ1n) is 3.87. The molecule has 0 saturated heterocycles. The fourth-order valence-electron chi connectivity index (χ4n) is 1.07. The van der Waals surface area contributed by atoms with Crippen LogP contribution in [0, 0.1) is 22.0 Å². The molecule has 0 aliphatic rings. The maximum absolute atomic E-state index is 12.5. The van der Waals surface area contributed by atoms with E-state index in [2.05, 4.69) is 4.98 Å². The molecule has 1 heterocycles. The van der Waals surface area contributed by atoms with Gasteiger partial charge in [-0.3, -0.25) is 0 Å². The summed E-state index contributed by atoms with van der Waals surface area (Å²) < 4.78 is 25.5. The predicted octanol–water partition coefficient (Wildman–Crippen LogP) is 3.00. The van der Waals surface area contributed by atoms with Crippen molar-refractivity contribution in [2.75, 3.05) is 0 Å². The van der Waals surface area contributed by atoms with Crippen LogP contribution in [-0.2, 0) is 6.42 Å². The van der Waals surface area contributed by atoms with Crippen LogP contribution >= 0.6 is 22.6 Å². The number of aromatic nitrogens is 1. The molecule has 0 aromatic carbocycles. The molecule has 0 bridgehead atoms. The average Bonchev–Trinajstić information content (AvgIpc) is 2.09. The summed E-state index contributed by atoms with van der Waals surface area (Å²) >= 11 is 1.94. The fraction of sp³-hybridized carbons (Fsp3) is 0.333. The third-order valence-corrected chi connectivity index (χ3v) is 2.72. The quantitative estimate of drug-likeness (QED) is 0.622. The molecule has 0 atom stereocenters. The van der Waals surface area contributed by atoms with E-state index >= 15 is 0 Å². The van der Waals surface area contributed by atoms with Gasteiger partial charge in [-0.05, 0) is 41.1 Å². The molecular formula is C9H7F2IN2. The summed E-state index contributed by atoms with van der Waals surface area (Å²) in [6.45, 7) is 1.54. The Morgan fingerprint density at radius 3 is 2.79 bits per heavy atom. The largest absolute Gasteiger partial charge is 0.265 e. The highest BCUT2D eigenvalue weighted by Crippen LogP contribution is 2.24. The second kappa shape index (κ2) is 4.64. The van der Waals surface area contributed by atoms with Crippen LogP contribution in [0.1, 0.15) is 23.2 Å². The Labute approximate surface area is 94.1 Å². The van der Waals surface area contributed by atoms with Crippen LogP contribution in [0.3, 0.4) is 0 Å². The SMILES string of the molecule is Cc1nc(I)c(CC#N)cc1C(F)F. The lowest BCUT2D eigenvalue weighted by Crippen LogP contribution is -2.00. The maximum Gasteiger partial charge on any atom is 0.265 e. The van der Waals surface area contributed by atoms with Crippen LogP contribution < -0.4 is 0 Å². The number of alkyl halides is 2. The molecule has 1 rings (SSSR count). The van der Waals surface area contributed by atoms with E-state index in [0.29, 0.717) is 15.0 Å². The fourth-order valence-corrected chi connectivity index (χ4v) is 1.77. The van der Waals surface area contributed by atoms with Crippen LogP contribution in [0.15, 0.2) is 6.07 Å². The minimum atomic E-state index is -2.53. The van der Waals surface area contributed by atoms with E-state index in [1.54, 1.807) is 6.92 Å². The Bertz CT molecular complexity index is 385. The molecular weight excluding hydrogens is 301 g/mol. The second-order valence-electron chi connectivity index (χ2n) is 2.75. The highest BCUT2D eigenvalue weighted by Gasteiger charge is 2.14. The Morgan fingerprint density at radius 1 is 1.64 bits per heavy atom. The van der Waals surface area contributed by atoms with Crippen molar-refractivity contribution in [3.63, 3.8) is 0 Å². The van der Waals surface area contributed by atoms with E-state index in [4.69, 9.17) is 5.26 Å². The molecule has 74 valence electrons. The molecule has 0 unspecified atom stereocenters. The van der Waals surface area contributed by atoms with Crippen LogP contribution in [0.25, 0.3) is 0 Å². The van der Waals surface area contributed by atoms with Gasteiger partial charge >= 0.3 is 0 Å². The molecule has 0 N–H and O–H groups in total. The second-order valence-corrected chi connectivity index (χ2v) is 3.77. The first-order valence-corrected chi connectivity index (χ1v) is 4.95. The standard InChI is InChI=1S/C9H7F2IN2/c1-5-7(8(10)11)4-6(2-3-13)9(12)14-5/h4,8H,2H2,1H3. The normalized spacial score (nSPS) is 10.3. The molecule has 0 aliphatic heterocycles. The number of rotatable bonds is 2. The van der Waals surface area contributed by atoms with Gasteiger partial charge in [0.2, 0.25) is 0 Å². The molecule has 0 fully saturated rings. The van der Waals surface area contributed by atoms with Crippen molar-refractivity contribution in [2.24, 2.45) is 0 Å². The monoisotopic (exact) mass is 308 g/mol. The third-order valence-electron chi connectivity index (χ3n) is 1.78. The van der Waals surface area contributed by atoms with E-state index in [-0.39, 0.29) is 12.0 Å². The van der Waals surface area contributed by atoms with Gasteiger partial charge in [0.1, 0.15) is 3.70 Å². The Kier molecular flexibility index (Phi) is 3.75. The van der Waals surface area contributed by atoms with Gasteiger partial charge in [0, 0.05) is 11.3 Å². The van der Waals surface area contributed by atoms with E-state index in [1.807, 2.05) is 28.7 Å². The summed E-state index contributed by atoms with van der Waals surface area (Å²) in [5, 5.41) is 8.47. The van der Waals surface area contributed by atoms with Crippen molar-refractivity contribution in [1.82, 2.24) is 4.98 Å². The zero-order valence-electron chi connectivity index (χ0n) is 7.39. The minimum Gasteiger partial charge on any atom is -0.246 e. The first kappa shape index (κ1) is 11.3. The van der Waals surface area contributed by atoms with E-state index < -0.39 is 6.43 Å². The van der Waals surface area contributed by atoms with Crippen molar-refractivity contribution in [2.45, 2.75) is 19.8 Å². The van der Waals surface area contributed by atoms with Gasteiger partial charge in [0.15, 0.2) is 0 Å². The van der Waals surface area contributed by atoms with Crippen molar-refractivity contribution in [3.8, 4) is 6.07 Å². The molecule has 1 aromatic rings. The number of nitriles is 1. The summed E-state index contributed by atoms with van der Waals surface area (Å²) in [5.74, 6) is 0. The van der Waals surface area contributed by atoms with Gasteiger partial charge in [-0.1, -0.05) is 0 Å². The van der Waals surface area contributed by atoms with E-state index in [0.717, 1.165) is 0 Å². The first-order chi connectivity index (χ1) is 6.56. The Hall–Kier alpha value is -0.770. The molecule has 1 aromatic heterocycles. The van der Waals surface area contributed by atoms with Gasteiger partial charge in [-0.15, -0.1) is 0 Å². The summed E-state index contributed by atoms with van der Waals surface area (Å²) in [6, 6.07) is 3.28. The van der Waals surface area contributed by atoms with E-state index in [1.165, 1.54) is 6.07 Å². The van der Waals surface area contributed by atoms with Crippen LogP contribution in [-0.4, -0.2) is 4.98 Å². The number of hydrogen-bond donors (Lipinski definition) is 0. The summed E-state index contributed by atoms with van der Waals surface area (Å²) in [7, 11) is 0. The number of halogens is 3. The lowest BCUT2D eigenvalue weighted by molar-refractivity contribution is 0.150. The highest BCUT2D eigenvalue weighted by molar-refractivity contribution is 14.1. The summed E-state index contributed by atoms with van der Waals surface area (Å²) in [5.41, 5.74) is 0.802. The lowest BCUT2D eigenvalue weighted by atomic mass is 10.1. The summed E-state index contributed by atoms with van der Waals surface area (Å²) in [4.78, 5) is 3.97. The predicted molar refractivity (Wildman–Crippen MR) is 56.0 cm³/mol. The lowest BCUT2D eigenvalue weighted by Gasteiger charge is -2.07. The molecule has 0 spiro atoms. The minimum absolute atomic E-state index is 0.0873. The molecule has 0 radical (unpaired) electrons. The summed E-state index contributed by atoms with van der Waals surface area (Å²) in [6.07, 6.45) is -2.41. The van der Waals surface area contributed by atoms with Gasteiger partial charge in [-0.2, -0.15) is 5.26 Å². The topological polar surface area (TPSA) is 36.7 Å². The molecule has 0 saturated carbocycles. The van der Waals surface area contributed by atoms with Crippen molar-refractivity contribution < 1.29 is 8.78 Å². The van der Waals surface area contributed by atoms with Crippen molar-refractivity contribution >= 4 is 22.6 Å². The van der Waals surface area contributed by atoms with Crippen LogP contribution in [0.4, 0.5) is 8.78 Å². The maximum atomic E-state index is 12.5. The van der Waals surface area contributed by atoms with Gasteiger partial charge in [0.25, 0.3) is 6.43 Å². The number of pyridine rings is 1. The highest BCUT2D eigenvalue weighted by atomic mass is 127. The third kappa shape index (κ3) is 2.38. The Balaban J connectivity index is 3.21. The Morgan fingerprint density at radius 2 is 2.29 bits per heavy atom. The van der Waals surface area contributed by atoms with E-state index in [9.17, 15) is 8.78 Å². The number of hydrogen-bond acceptors (Lipinski definition) is 2. The van der Waals surface area contributed by atoms with Crippen LogP contribution in [0.2, 0.25) is 0 Å². The molecule has 0 aliphatic carbocycles. The molecule has 2 nitrogen and oxygen atoms in total. The zero-order valence-corrected chi connectivity index (χ0v) is 9.55. The molecule has 0 amide bonds. The molecule has 5 heteroatoms. The molecule has 14 heavy (non-hydrogen) atoms. The van der Waals surface area contributed by atoms with Gasteiger partial charge < -0.3 is 0 Å². The zero-order chi connectivity index (χ0) is 10.7. The van der Waals surface area contributed by atoms with Crippen LogP contribution in [0.5, 0.6) is 0 Å². The van der Waals surface area contributed by atoms with Crippen molar-refractivity contribution in [1.29, 1.82) is 5.26 Å². The number of aryl methyl sites for hydroxylation is 1. The smallest absolute Gasteiger partial charge is 0.246 e.